The summed E-state index contributed by atoms with van der Waals surface area (Å²) in [4.78, 5) is 21.1. The van der Waals surface area contributed by atoms with Crippen LogP contribution in [0.25, 0.3) is 5.69 Å². The van der Waals surface area contributed by atoms with E-state index in [4.69, 9.17) is 4.74 Å². The first-order chi connectivity index (χ1) is 12.6. The van der Waals surface area contributed by atoms with Crippen molar-refractivity contribution in [1.29, 1.82) is 0 Å². The Morgan fingerprint density at radius 3 is 2.92 bits per heavy atom. The molecule has 0 bridgehead atoms. The average molecular weight is 348 g/mol. The molecule has 0 saturated heterocycles. The van der Waals surface area contributed by atoms with Crippen LogP contribution < -0.4 is 10.1 Å². The number of amides is 1. The second-order valence-electron chi connectivity index (χ2n) is 6.60. The highest BCUT2D eigenvalue weighted by Gasteiger charge is 2.31. The lowest BCUT2D eigenvalue weighted by Crippen LogP contribution is -2.25. The fourth-order valence-electron chi connectivity index (χ4n) is 3.25. The maximum Gasteiger partial charge on any atom is 0.226 e. The Morgan fingerprint density at radius 1 is 1.27 bits per heavy atom. The van der Waals surface area contributed by atoms with Crippen LogP contribution in [0.4, 0.5) is 5.82 Å². The van der Waals surface area contributed by atoms with Gasteiger partial charge in [0.2, 0.25) is 5.91 Å². The molecule has 0 spiro atoms. The Kier molecular flexibility index (Phi) is 4.16. The number of carbonyl (C=O) groups excluding carboxylic acids is 1. The van der Waals surface area contributed by atoms with E-state index < -0.39 is 0 Å². The first kappa shape index (κ1) is 16.3. The van der Waals surface area contributed by atoms with Crippen LogP contribution in [0.3, 0.4) is 0 Å². The summed E-state index contributed by atoms with van der Waals surface area (Å²) in [5.41, 5.74) is 2.74. The maximum absolute atomic E-state index is 12.4. The molecule has 3 heterocycles. The molecule has 0 unspecified atom stereocenters. The first-order valence-corrected chi connectivity index (χ1v) is 8.66. The summed E-state index contributed by atoms with van der Waals surface area (Å²) >= 11 is 0. The number of hydrogen-bond donors (Lipinski definition) is 1. The van der Waals surface area contributed by atoms with E-state index in [9.17, 15) is 4.79 Å². The average Bonchev–Trinajstić information content (AvgIpc) is 3.05. The molecule has 1 N–H and O–H groups in total. The lowest BCUT2D eigenvalue weighted by Gasteiger charge is -2.24. The normalized spacial score (nSPS) is 16.3. The molecule has 0 aliphatic carbocycles. The standard InChI is InChI=1S/C20H20N4O2/c1-13(2)26-16-7-3-5-14(9-16)17-10-18(25)23-20-19(17)22-12-24(20)15-6-4-8-21-11-15/h3-9,11-13,17H,10H2,1-2H3,(H,23,25)/t17-/m0/s1. The van der Waals surface area contributed by atoms with E-state index in [2.05, 4.69) is 15.3 Å². The quantitative estimate of drug-likeness (QED) is 0.783. The van der Waals surface area contributed by atoms with Crippen molar-refractivity contribution >= 4 is 11.7 Å². The molecule has 1 amide bonds. The van der Waals surface area contributed by atoms with Crippen molar-refractivity contribution in [3.05, 3.63) is 66.4 Å². The van der Waals surface area contributed by atoms with Crippen molar-refractivity contribution in [3.8, 4) is 11.4 Å². The van der Waals surface area contributed by atoms with Crippen molar-refractivity contribution in [2.24, 2.45) is 0 Å². The Morgan fingerprint density at radius 2 is 2.15 bits per heavy atom. The molecule has 6 nitrogen and oxygen atoms in total. The minimum Gasteiger partial charge on any atom is -0.491 e. The molecule has 6 heteroatoms. The molecule has 1 aliphatic heterocycles. The molecular formula is C20H20N4O2. The van der Waals surface area contributed by atoms with Gasteiger partial charge in [-0.1, -0.05) is 12.1 Å². The lowest BCUT2D eigenvalue weighted by atomic mass is 9.89. The van der Waals surface area contributed by atoms with Crippen LogP contribution in [0.15, 0.2) is 55.1 Å². The fraction of sp³-hybridized carbons (Fsp3) is 0.250. The van der Waals surface area contributed by atoms with Gasteiger partial charge in [0, 0.05) is 18.5 Å². The molecule has 0 saturated carbocycles. The van der Waals surface area contributed by atoms with Gasteiger partial charge in [0.1, 0.15) is 17.9 Å². The topological polar surface area (TPSA) is 69.0 Å². The van der Waals surface area contributed by atoms with Crippen LogP contribution in [0.2, 0.25) is 0 Å². The van der Waals surface area contributed by atoms with Gasteiger partial charge in [-0.15, -0.1) is 0 Å². The minimum atomic E-state index is -0.104. The third-order valence-corrected chi connectivity index (χ3v) is 4.33. The molecule has 0 fully saturated rings. The molecule has 1 aliphatic rings. The van der Waals surface area contributed by atoms with Crippen molar-refractivity contribution in [3.63, 3.8) is 0 Å². The number of pyridine rings is 1. The van der Waals surface area contributed by atoms with Gasteiger partial charge in [0.05, 0.1) is 23.7 Å². The van der Waals surface area contributed by atoms with Crippen molar-refractivity contribution in [2.75, 3.05) is 5.32 Å². The Labute approximate surface area is 151 Å². The van der Waals surface area contributed by atoms with Crippen LogP contribution >= 0.6 is 0 Å². The largest absolute Gasteiger partial charge is 0.491 e. The zero-order valence-corrected chi connectivity index (χ0v) is 14.7. The van der Waals surface area contributed by atoms with Crippen LogP contribution in [-0.4, -0.2) is 26.5 Å². The van der Waals surface area contributed by atoms with E-state index in [0.29, 0.717) is 12.2 Å². The third-order valence-electron chi connectivity index (χ3n) is 4.33. The Bertz CT molecular complexity index is 934. The Balaban J connectivity index is 1.75. The van der Waals surface area contributed by atoms with E-state index in [1.165, 1.54) is 0 Å². The molecule has 132 valence electrons. The van der Waals surface area contributed by atoms with E-state index >= 15 is 0 Å². The predicted octanol–water partition coefficient (Wildman–Crippen LogP) is 3.53. The number of carbonyl (C=O) groups is 1. The monoisotopic (exact) mass is 348 g/mol. The molecule has 0 radical (unpaired) electrons. The lowest BCUT2D eigenvalue weighted by molar-refractivity contribution is -0.116. The highest BCUT2D eigenvalue weighted by molar-refractivity contribution is 5.94. The minimum absolute atomic E-state index is 0.0247. The number of nitrogens with one attached hydrogen (secondary N) is 1. The van der Waals surface area contributed by atoms with Gasteiger partial charge >= 0.3 is 0 Å². The molecule has 1 aromatic carbocycles. The number of hydrogen-bond acceptors (Lipinski definition) is 4. The summed E-state index contributed by atoms with van der Waals surface area (Å²) < 4.78 is 7.66. The summed E-state index contributed by atoms with van der Waals surface area (Å²) in [7, 11) is 0. The number of imidazole rings is 1. The zero-order chi connectivity index (χ0) is 18.1. The zero-order valence-electron chi connectivity index (χ0n) is 14.7. The van der Waals surface area contributed by atoms with Crippen LogP contribution in [-0.2, 0) is 4.79 Å². The molecule has 1 atom stereocenters. The summed E-state index contributed by atoms with van der Waals surface area (Å²) in [5.74, 6) is 1.38. The van der Waals surface area contributed by atoms with Gasteiger partial charge in [-0.25, -0.2) is 4.98 Å². The highest BCUT2D eigenvalue weighted by Crippen LogP contribution is 2.38. The third kappa shape index (κ3) is 3.06. The van der Waals surface area contributed by atoms with Gasteiger partial charge in [-0.2, -0.15) is 0 Å². The molecule has 2 aromatic heterocycles. The summed E-state index contributed by atoms with van der Waals surface area (Å²) in [5, 5.41) is 2.96. The number of benzene rings is 1. The second-order valence-corrected chi connectivity index (χ2v) is 6.60. The number of nitrogens with zero attached hydrogens (tertiary/aromatic N) is 3. The predicted molar refractivity (Wildman–Crippen MR) is 98.7 cm³/mol. The molecular weight excluding hydrogens is 328 g/mol. The van der Waals surface area contributed by atoms with Crippen LogP contribution in [0, 0.1) is 0 Å². The van der Waals surface area contributed by atoms with E-state index in [1.807, 2.05) is 54.8 Å². The molecule has 4 rings (SSSR count). The van der Waals surface area contributed by atoms with Crippen LogP contribution in [0.1, 0.15) is 37.4 Å². The smallest absolute Gasteiger partial charge is 0.226 e. The second kappa shape index (κ2) is 6.63. The maximum atomic E-state index is 12.4. The molecule has 3 aromatic rings. The summed E-state index contributed by atoms with van der Waals surface area (Å²) in [6, 6.07) is 11.7. The van der Waals surface area contributed by atoms with Gasteiger partial charge in [-0.3, -0.25) is 14.3 Å². The van der Waals surface area contributed by atoms with Crippen molar-refractivity contribution in [2.45, 2.75) is 32.3 Å². The Hall–Kier alpha value is -3.15. The fourth-order valence-corrected chi connectivity index (χ4v) is 3.25. The van der Waals surface area contributed by atoms with Gasteiger partial charge in [0.25, 0.3) is 0 Å². The van der Waals surface area contributed by atoms with Gasteiger partial charge in [0.15, 0.2) is 0 Å². The number of anilines is 1. The summed E-state index contributed by atoms with van der Waals surface area (Å²) in [6.07, 6.45) is 5.65. The number of fused-ring (bicyclic) bond motifs is 1. The number of rotatable bonds is 4. The van der Waals surface area contributed by atoms with Crippen LogP contribution in [0.5, 0.6) is 5.75 Å². The summed E-state index contributed by atoms with van der Waals surface area (Å²) in [6.45, 7) is 3.99. The molecule has 26 heavy (non-hydrogen) atoms. The number of ether oxygens (including phenoxy) is 1. The van der Waals surface area contributed by atoms with Crippen molar-refractivity contribution in [1.82, 2.24) is 14.5 Å². The van der Waals surface area contributed by atoms with E-state index in [-0.39, 0.29) is 17.9 Å². The first-order valence-electron chi connectivity index (χ1n) is 8.66. The van der Waals surface area contributed by atoms with E-state index in [1.54, 1.807) is 18.7 Å². The van der Waals surface area contributed by atoms with Gasteiger partial charge in [-0.05, 0) is 43.7 Å². The number of aromatic nitrogens is 3. The highest BCUT2D eigenvalue weighted by atomic mass is 16.5. The van der Waals surface area contributed by atoms with Crippen molar-refractivity contribution < 1.29 is 9.53 Å². The van der Waals surface area contributed by atoms with E-state index in [0.717, 1.165) is 22.7 Å². The SMILES string of the molecule is CC(C)Oc1cccc([C@@H]2CC(=O)Nc3c2ncn3-c2cccnc2)c1. The van der Waals surface area contributed by atoms with Gasteiger partial charge < -0.3 is 10.1 Å².